The second-order valence-electron chi connectivity index (χ2n) is 7.14. The predicted molar refractivity (Wildman–Crippen MR) is 118 cm³/mol. The first-order valence-corrected chi connectivity index (χ1v) is 10.8. The Balaban J connectivity index is 1.35. The zero-order valence-corrected chi connectivity index (χ0v) is 17.9. The first kappa shape index (κ1) is 20.9. The Morgan fingerprint density at radius 3 is 2.74 bits per heavy atom. The maximum atomic E-state index is 13.0. The van der Waals surface area contributed by atoms with E-state index in [1.165, 1.54) is 23.5 Å². The lowest BCUT2D eigenvalue weighted by atomic mass is 10.1. The number of carbonyl (C=O) groups is 1. The van der Waals surface area contributed by atoms with E-state index in [1.54, 1.807) is 24.5 Å². The fraction of sp³-hybridized carbons (Fsp3) is 0.217. The topological polar surface area (TPSA) is 72.7 Å². The lowest BCUT2D eigenvalue weighted by molar-refractivity contribution is 0.0957. The largest absolute Gasteiger partial charge is 0.351 e. The Bertz CT molecular complexity index is 1150. The normalized spacial score (nSPS) is 10.9. The van der Waals surface area contributed by atoms with Crippen molar-refractivity contribution in [3.05, 3.63) is 88.6 Å². The molecule has 4 rings (SSSR count). The van der Waals surface area contributed by atoms with E-state index in [0.717, 1.165) is 34.7 Å². The van der Waals surface area contributed by atoms with Crippen molar-refractivity contribution >= 4 is 17.2 Å². The highest BCUT2D eigenvalue weighted by molar-refractivity contribution is 7.17. The van der Waals surface area contributed by atoms with Crippen LogP contribution >= 0.6 is 11.3 Å². The van der Waals surface area contributed by atoms with E-state index < -0.39 is 0 Å². The summed E-state index contributed by atoms with van der Waals surface area (Å²) in [7, 11) is 0. The standard InChI is InChI=1S/C23H22FN5OS/c1-16-21(22(30)26-12-8-18-3-2-11-25-15-18)31-23(27-16)20-10-14-29(28-20)13-9-17-4-6-19(24)7-5-17/h2-7,10-11,14-15H,8-9,12-13H2,1H3,(H,26,30). The van der Waals surface area contributed by atoms with Crippen molar-refractivity contribution in [1.82, 2.24) is 25.1 Å². The number of halogens is 1. The molecular weight excluding hydrogens is 413 g/mol. The summed E-state index contributed by atoms with van der Waals surface area (Å²) in [5.74, 6) is -0.359. The van der Waals surface area contributed by atoms with Gasteiger partial charge in [0, 0.05) is 31.7 Å². The molecule has 0 saturated carbocycles. The first-order chi connectivity index (χ1) is 15.1. The van der Waals surface area contributed by atoms with Gasteiger partial charge < -0.3 is 5.32 Å². The molecule has 1 N–H and O–H groups in total. The van der Waals surface area contributed by atoms with E-state index in [4.69, 9.17) is 0 Å². The number of rotatable bonds is 8. The second-order valence-corrected chi connectivity index (χ2v) is 8.14. The summed E-state index contributed by atoms with van der Waals surface area (Å²) in [5, 5.41) is 8.25. The molecule has 8 heteroatoms. The van der Waals surface area contributed by atoms with Crippen LogP contribution in [0.25, 0.3) is 10.7 Å². The molecule has 0 fully saturated rings. The Labute approximate surface area is 183 Å². The van der Waals surface area contributed by atoms with Crippen LogP contribution in [-0.2, 0) is 19.4 Å². The lowest BCUT2D eigenvalue weighted by Gasteiger charge is -2.03. The fourth-order valence-electron chi connectivity index (χ4n) is 3.16. The number of aromatic nitrogens is 4. The van der Waals surface area contributed by atoms with Gasteiger partial charge in [-0.15, -0.1) is 11.3 Å². The number of nitrogens with one attached hydrogen (secondary N) is 1. The molecule has 0 saturated heterocycles. The zero-order chi connectivity index (χ0) is 21.6. The van der Waals surface area contributed by atoms with Gasteiger partial charge in [0.25, 0.3) is 5.91 Å². The number of pyridine rings is 1. The zero-order valence-electron chi connectivity index (χ0n) is 17.1. The van der Waals surface area contributed by atoms with E-state index >= 15 is 0 Å². The summed E-state index contributed by atoms with van der Waals surface area (Å²) < 4.78 is 14.9. The van der Waals surface area contributed by atoms with Crippen LogP contribution < -0.4 is 5.32 Å². The van der Waals surface area contributed by atoms with Gasteiger partial charge in [-0.1, -0.05) is 18.2 Å². The molecule has 6 nitrogen and oxygen atoms in total. The van der Waals surface area contributed by atoms with E-state index in [-0.39, 0.29) is 11.7 Å². The Kier molecular flexibility index (Phi) is 6.47. The number of nitrogens with zero attached hydrogens (tertiary/aromatic N) is 4. The second kappa shape index (κ2) is 9.61. The van der Waals surface area contributed by atoms with Crippen LogP contribution in [0.5, 0.6) is 0 Å². The van der Waals surface area contributed by atoms with Crippen LogP contribution in [0.1, 0.15) is 26.5 Å². The minimum Gasteiger partial charge on any atom is -0.351 e. The lowest BCUT2D eigenvalue weighted by Crippen LogP contribution is -2.25. The van der Waals surface area contributed by atoms with Gasteiger partial charge in [-0.2, -0.15) is 5.10 Å². The molecule has 0 atom stereocenters. The van der Waals surface area contributed by atoms with Crippen LogP contribution in [0.4, 0.5) is 4.39 Å². The molecule has 1 aromatic carbocycles. The average molecular weight is 436 g/mol. The summed E-state index contributed by atoms with van der Waals surface area (Å²) in [6.07, 6.45) is 6.90. The SMILES string of the molecule is Cc1nc(-c2ccn(CCc3ccc(F)cc3)n2)sc1C(=O)NCCc1cccnc1. The Morgan fingerprint density at radius 1 is 1.13 bits per heavy atom. The smallest absolute Gasteiger partial charge is 0.263 e. The van der Waals surface area contributed by atoms with Crippen LogP contribution in [0.2, 0.25) is 0 Å². The third-order valence-electron chi connectivity index (χ3n) is 4.83. The number of benzene rings is 1. The highest BCUT2D eigenvalue weighted by atomic mass is 32.1. The first-order valence-electron chi connectivity index (χ1n) is 10.0. The van der Waals surface area contributed by atoms with Gasteiger partial charge in [0.2, 0.25) is 0 Å². The van der Waals surface area contributed by atoms with Crippen molar-refractivity contribution in [2.75, 3.05) is 6.54 Å². The maximum Gasteiger partial charge on any atom is 0.263 e. The molecule has 0 aliphatic heterocycles. The third-order valence-corrected chi connectivity index (χ3v) is 6.01. The van der Waals surface area contributed by atoms with Crippen LogP contribution in [0.3, 0.4) is 0 Å². The van der Waals surface area contributed by atoms with Crippen molar-refractivity contribution in [2.24, 2.45) is 0 Å². The van der Waals surface area contributed by atoms with E-state index in [1.807, 2.05) is 36.0 Å². The maximum absolute atomic E-state index is 13.0. The van der Waals surface area contributed by atoms with Crippen molar-refractivity contribution in [3.8, 4) is 10.7 Å². The number of hydrogen-bond donors (Lipinski definition) is 1. The van der Waals surface area contributed by atoms with Crippen molar-refractivity contribution < 1.29 is 9.18 Å². The molecule has 3 heterocycles. The number of amides is 1. The number of hydrogen-bond acceptors (Lipinski definition) is 5. The molecule has 0 aliphatic rings. The number of carbonyl (C=O) groups excluding carboxylic acids is 1. The summed E-state index contributed by atoms with van der Waals surface area (Å²) in [6, 6.07) is 12.3. The molecular formula is C23H22FN5OS. The van der Waals surface area contributed by atoms with Crippen LogP contribution in [0, 0.1) is 12.7 Å². The van der Waals surface area contributed by atoms with Gasteiger partial charge in [-0.3, -0.25) is 14.5 Å². The monoisotopic (exact) mass is 435 g/mol. The van der Waals surface area contributed by atoms with E-state index in [2.05, 4.69) is 20.4 Å². The van der Waals surface area contributed by atoms with Crippen LogP contribution in [0.15, 0.2) is 61.1 Å². The third kappa shape index (κ3) is 5.40. The summed E-state index contributed by atoms with van der Waals surface area (Å²) >= 11 is 1.34. The molecule has 0 unspecified atom stereocenters. The molecule has 1 amide bonds. The molecule has 0 radical (unpaired) electrons. The number of aryl methyl sites for hydroxylation is 3. The van der Waals surface area contributed by atoms with Gasteiger partial charge in [-0.05, 0) is 55.2 Å². The van der Waals surface area contributed by atoms with Crippen molar-refractivity contribution in [3.63, 3.8) is 0 Å². The average Bonchev–Trinajstić information content (AvgIpc) is 3.41. The fourth-order valence-corrected chi connectivity index (χ4v) is 4.11. The molecule has 0 bridgehead atoms. The van der Waals surface area contributed by atoms with Gasteiger partial charge in [-0.25, -0.2) is 9.37 Å². The Morgan fingerprint density at radius 2 is 1.97 bits per heavy atom. The van der Waals surface area contributed by atoms with Crippen molar-refractivity contribution in [1.29, 1.82) is 0 Å². The van der Waals surface area contributed by atoms with E-state index in [9.17, 15) is 9.18 Å². The van der Waals surface area contributed by atoms with Gasteiger partial charge in [0.05, 0.1) is 5.69 Å². The Hall–Kier alpha value is -3.39. The van der Waals surface area contributed by atoms with Crippen LogP contribution in [-0.4, -0.2) is 32.2 Å². The molecule has 3 aromatic heterocycles. The minimum absolute atomic E-state index is 0.124. The summed E-state index contributed by atoms with van der Waals surface area (Å²) in [4.78, 5) is 21.8. The van der Waals surface area contributed by atoms with E-state index in [0.29, 0.717) is 23.7 Å². The predicted octanol–water partition coefficient (Wildman–Crippen LogP) is 4.06. The minimum atomic E-state index is -0.235. The molecule has 31 heavy (non-hydrogen) atoms. The molecule has 158 valence electrons. The molecule has 0 aliphatic carbocycles. The summed E-state index contributed by atoms with van der Waals surface area (Å²) in [5.41, 5.74) is 3.56. The quantitative estimate of drug-likeness (QED) is 0.453. The highest BCUT2D eigenvalue weighted by Gasteiger charge is 2.17. The highest BCUT2D eigenvalue weighted by Crippen LogP contribution is 2.26. The van der Waals surface area contributed by atoms with Gasteiger partial charge in [0.15, 0.2) is 0 Å². The summed E-state index contributed by atoms with van der Waals surface area (Å²) in [6.45, 7) is 3.05. The van der Waals surface area contributed by atoms with Crippen molar-refractivity contribution in [2.45, 2.75) is 26.3 Å². The number of thiazole rings is 1. The van der Waals surface area contributed by atoms with Gasteiger partial charge in [0.1, 0.15) is 21.4 Å². The van der Waals surface area contributed by atoms with Gasteiger partial charge >= 0.3 is 0 Å². The molecule has 0 spiro atoms. The molecule has 4 aromatic rings.